The van der Waals surface area contributed by atoms with Crippen LogP contribution in [0.4, 0.5) is 0 Å². The molecule has 0 aromatic rings. The number of amides is 1. The third-order valence-electron chi connectivity index (χ3n) is 3.25. The molecule has 0 radical (unpaired) electrons. The van der Waals surface area contributed by atoms with Crippen molar-refractivity contribution >= 4 is 23.1 Å². The SMILES string of the molecule is CC1(C)CC(NC(=O)CC(N)=S)CC(C)(C)C1. The Kier molecular flexibility index (Phi) is 4.18. The van der Waals surface area contributed by atoms with Crippen LogP contribution in [0.2, 0.25) is 0 Å². The van der Waals surface area contributed by atoms with E-state index in [-0.39, 0.29) is 34.2 Å². The Bertz CT molecular complexity index is 307. The maximum absolute atomic E-state index is 11.7. The van der Waals surface area contributed by atoms with Crippen LogP contribution in [0.1, 0.15) is 53.4 Å². The molecule has 1 fully saturated rings. The summed E-state index contributed by atoms with van der Waals surface area (Å²) in [4.78, 5) is 11.9. The predicted octanol–water partition coefficient (Wildman–Crippen LogP) is 2.38. The zero-order valence-corrected chi connectivity index (χ0v) is 12.1. The van der Waals surface area contributed by atoms with Gasteiger partial charge in [0.15, 0.2) is 0 Å². The van der Waals surface area contributed by atoms with E-state index < -0.39 is 0 Å². The first-order chi connectivity index (χ1) is 7.60. The van der Waals surface area contributed by atoms with Gasteiger partial charge in [0, 0.05) is 6.04 Å². The third kappa shape index (κ3) is 5.02. The molecule has 1 aliphatic rings. The fourth-order valence-electron chi connectivity index (χ4n) is 3.39. The largest absolute Gasteiger partial charge is 0.393 e. The van der Waals surface area contributed by atoms with Gasteiger partial charge in [-0.05, 0) is 30.1 Å². The average Bonchev–Trinajstić information content (AvgIpc) is 1.93. The van der Waals surface area contributed by atoms with Gasteiger partial charge in [-0.25, -0.2) is 0 Å². The standard InChI is InChI=1S/C13H24N2OS/c1-12(2)6-9(7-13(3,4)8-12)15-11(16)5-10(14)17/h9H,5-8H2,1-4H3,(H2,14,17)(H,15,16). The molecule has 0 atom stereocenters. The highest BCUT2D eigenvalue weighted by molar-refractivity contribution is 7.80. The molecule has 0 aromatic heterocycles. The lowest BCUT2D eigenvalue weighted by atomic mass is 9.63. The first-order valence-electron chi connectivity index (χ1n) is 6.17. The molecule has 0 heterocycles. The molecule has 1 saturated carbocycles. The number of carbonyl (C=O) groups is 1. The molecule has 3 nitrogen and oxygen atoms in total. The lowest BCUT2D eigenvalue weighted by Crippen LogP contribution is -2.46. The van der Waals surface area contributed by atoms with Crippen molar-refractivity contribution in [3.63, 3.8) is 0 Å². The van der Waals surface area contributed by atoms with Gasteiger partial charge < -0.3 is 11.1 Å². The number of hydrogen-bond donors (Lipinski definition) is 2. The smallest absolute Gasteiger partial charge is 0.227 e. The van der Waals surface area contributed by atoms with E-state index in [0.717, 1.165) is 12.8 Å². The monoisotopic (exact) mass is 256 g/mol. The number of nitrogens with two attached hydrogens (primary N) is 1. The van der Waals surface area contributed by atoms with Crippen molar-refractivity contribution < 1.29 is 4.79 Å². The number of nitrogens with one attached hydrogen (secondary N) is 1. The second-order valence-electron chi connectivity index (χ2n) is 6.82. The van der Waals surface area contributed by atoms with Crippen LogP contribution in [-0.4, -0.2) is 16.9 Å². The maximum atomic E-state index is 11.7. The number of hydrogen-bond acceptors (Lipinski definition) is 2. The van der Waals surface area contributed by atoms with E-state index in [0.29, 0.717) is 0 Å². The highest BCUT2D eigenvalue weighted by Gasteiger charge is 2.38. The van der Waals surface area contributed by atoms with Crippen LogP contribution in [0, 0.1) is 10.8 Å². The van der Waals surface area contributed by atoms with Gasteiger partial charge in [-0.2, -0.15) is 0 Å². The van der Waals surface area contributed by atoms with E-state index in [1.807, 2.05) is 0 Å². The first kappa shape index (κ1) is 14.4. The summed E-state index contributed by atoms with van der Waals surface area (Å²) in [7, 11) is 0. The Morgan fingerprint density at radius 1 is 1.29 bits per heavy atom. The molecule has 4 heteroatoms. The summed E-state index contributed by atoms with van der Waals surface area (Å²) in [5, 5.41) is 3.06. The molecule has 0 spiro atoms. The molecule has 1 amide bonds. The second-order valence-corrected chi connectivity index (χ2v) is 7.35. The van der Waals surface area contributed by atoms with Crippen LogP contribution < -0.4 is 11.1 Å². The van der Waals surface area contributed by atoms with Crippen molar-refractivity contribution in [3.8, 4) is 0 Å². The van der Waals surface area contributed by atoms with E-state index in [9.17, 15) is 4.79 Å². The summed E-state index contributed by atoms with van der Waals surface area (Å²) in [5.41, 5.74) is 5.94. The van der Waals surface area contributed by atoms with Crippen LogP contribution in [0.25, 0.3) is 0 Å². The molecule has 0 bridgehead atoms. The van der Waals surface area contributed by atoms with Crippen LogP contribution >= 0.6 is 12.2 Å². The summed E-state index contributed by atoms with van der Waals surface area (Å²) >= 11 is 4.75. The van der Waals surface area contributed by atoms with Crippen LogP contribution in [0.5, 0.6) is 0 Å². The third-order valence-corrected chi connectivity index (χ3v) is 3.40. The molecule has 1 rings (SSSR count). The summed E-state index contributed by atoms with van der Waals surface area (Å²) < 4.78 is 0. The van der Waals surface area contributed by atoms with E-state index in [2.05, 4.69) is 33.0 Å². The summed E-state index contributed by atoms with van der Waals surface area (Å²) in [6, 6.07) is 0.246. The van der Waals surface area contributed by atoms with Crippen molar-refractivity contribution in [3.05, 3.63) is 0 Å². The van der Waals surface area contributed by atoms with E-state index in [1.165, 1.54) is 6.42 Å². The second kappa shape index (κ2) is 4.92. The number of rotatable bonds is 3. The van der Waals surface area contributed by atoms with Gasteiger partial charge >= 0.3 is 0 Å². The molecular weight excluding hydrogens is 232 g/mol. The van der Waals surface area contributed by atoms with E-state index in [4.69, 9.17) is 18.0 Å². The van der Waals surface area contributed by atoms with Crippen molar-refractivity contribution in [2.24, 2.45) is 16.6 Å². The van der Waals surface area contributed by atoms with Crippen LogP contribution in [0.3, 0.4) is 0 Å². The predicted molar refractivity (Wildman–Crippen MR) is 74.7 cm³/mol. The lowest BCUT2D eigenvalue weighted by molar-refractivity contribution is -0.121. The maximum Gasteiger partial charge on any atom is 0.227 e. The van der Waals surface area contributed by atoms with Gasteiger partial charge in [-0.3, -0.25) is 4.79 Å². The van der Waals surface area contributed by atoms with Crippen molar-refractivity contribution in [1.29, 1.82) is 0 Å². The summed E-state index contributed by atoms with van der Waals surface area (Å²) in [6.45, 7) is 9.06. The van der Waals surface area contributed by atoms with Crippen molar-refractivity contribution in [1.82, 2.24) is 5.32 Å². The van der Waals surface area contributed by atoms with Crippen molar-refractivity contribution in [2.45, 2.75) is 59.4 Å². The van der Waals surface area contributed by atoms with Gasteiger partial charge in [0.2, 0.25) is 5.91 Å². The molecule has 0 saturated heterocycles. The number of thiocarbonyl (C=S) groups is 1. The van der Waals surface area contributed by atoms with Crippen LogP contribution in [-0.2, 0) is 4.79 Å². The molecule has 17 heavy (non-hydrogen) atoms. The lowest BCUT2D eigenvalue weighted by Gasteiger charge is -2.45. The zero-order chi connectivity index (χ0) is 13.3. The fourth-order valence-corrected chi connectivity index (χ4v) is 3.52. The average molecular weight is 256 g/mol. The topological polar surface area (TPSA) is 55.1 Å². The molecule has 0 aromatic carbocycles. The van der Waals surface area contributed by atoms with Gasteiger partial charge in [0.1, 0.15) is 0 Å². The highest BCUT2D eigenvalue weighted by Crippen LogP contribution is 2.45. The molecule has 0 unspecified atom stereocenters. The van der Waals surface area contributed by atoms with E-state index in [1.54, 1.807) is 0 Å². The zero-order valence-electron chi connectivity index (χ0n) is 11.3. The van der Waals surface area contributed by atoms with Gasteiger partial charge in [0.05, 0.1) is 11.4 Å². The Labute approximate surface area is 110 Å². The van der Waals surface area contributed by atoms with Gasteiger partial charge in [-0.1, -0.05) is 39.9 Å². The molecule has 98 valence electrons. The Balaban J connectivity index is 2.59. The summed E-state index contributed by atoms with van der Waals surface area (Å²) in [5.74, 6) is -0.0454. The Hall–Kier alpha value is -0.640. The minimum Gasteiger partial charge on any atom is -0.393 e. The molecule has 0 aliphatic heterocycles. The highest BCUT2D eigenvalue weighted by atomic mass is 32.1. The molecule has 3 N–H and O–H groups in total. The van der Waals surface area contributed by atoms with E-state index >= 15 is 0 Å². The van der Waals surface area contributed by atoms with Crippen molar-refractivity contribution in [2.75, 3.05) is 0 Å². The van der Waals surface area contributed by atoms with Gasteiger partial charge in [0.25, 0.3) is 0 Å². The minimum atomic E-state index is -0.0454. The normalized spacial score (nSPS) is 23.1. The van der Waals surface area contributed by atoms with Gasteiger partial charge in [-0.15, -0.1) is 0 Å². The fraction of sp³-hybridized carbons (Fsp3) is 0.846. The Morgan fingerprint density at radius 3 is 2.18 bits per heavy atom. The number of carbonyl (C=O) groups excluding carboxylic acids is 1. The molecule has 1 aliphatic carbocycles. The molecular formula is C13H24N2OS. The first-order valence-corrected chi connectivity index (χ1v) is 6.58. The quantitative estimate of drug-likeness (QED) is 0.762. The minimum absolute atomic E-state index is 0.0454. The summed E-state index contributed by atoms with van der Waals surface area (Å²) in [6.07, 6.45) is 3.41. The Morgan fingerprint density at radius 2 is 1.76 bits per heavy atom. The van der Waals surface area contributed by atoms with Crippen LogP contribution in [0.15, 0.2) is 0 Å².